The van der Waals surface area contributed by atoms with Crippen LogP contribution in [0.3, 0.4) is 0 Å². The molecule has 3 heteroatoms. The topological polar surface area (TPSA) is 29.9 Å². The van der Waals surface area contributed by atoms with Gasteiger partial charge in [0.25, 0.3) is 0 Å². The summed E-state index contributed by atoms with van der Waals surface area (Å²) in [7, 11) is 0. The van der Waals surface area contributed by atoms with E-state index in [1.54, 1.807) is 0 Å². The van der Waals surface area contributed by atoms with E-state index in [2.05, 4.69) is 63.6 Å². The first-order valence-corrected chi connectivity index (χ1v) is 6.53. The summed E-state index contributed by atoms with van der Waals surface area (Å²) >= 11 is 0. The molecule has 0 unspecified atom stereocenters. The van der Waals surface area contributed by atoms with Gasteiger partial charge in [0.15, 0.2) is 0 Å². The van der Waals surface area contributed by atoms with E-state index in [0.717, 1.165) is 6.54 Å². The maximum Gasteiger partial charge on any atom is 0.0537 e. The maximum absolute atomic E-state index is 4.51. The van der Waals surface area contributed by atoms with Gasteiger partial charge in [-0.25, -0.2) is 0 Å². The normalized spacial score (nSPS) is 12.8. The number of nitrogens with one attached hydrogen (secondary N) is 1. The van der Waals surface area contributed by atoms with Crippen LogP contribution in [0.1, 0.15) is 71.7 Å². The van der Waals surface area contributed by atoms with Crippen molar-refractivity contribution < 1.29 is 0 Å². The van der Waals surface area contributed by atoms with Crippen LogP contribution in [-0.4, -0.2) is 15.3 Å². The van der Waals surface area contributed by atoms with E-state index in [9.17, 15) is 0 Å². The van der Waals surface area contributed by atoms with Crippen LogP contribution in [0, 0.1) is 0 Å². The summed E-state index contributed by atoms with van der Waals surface area (Å²) in [4.78, 5) is 0. The van der Waals surface area contributed by atoms with Crippen LogP contribution < -0.4 is 5.32 Å². The molecule has 1 aromatic heterocycles. The van der Waals surface area contributed by atoms with Crippen molar-refractivity contribution in [2.75, 3.05) is 0 Å². The molecule has 0 bridgehead atoms. The van der Waals surface area contributed by atoms with Gasteiger partial charge in [0.2, 0.25) is 0 Å². The largest absolute Gasteiger partial charge is 0.308 e. The van der Waals surface area contributed by atoms with Crippen LogP contribution in [0.2, 0.25) is 0 Å². The first-order valence-electron chi connectivity index (χ1n) is 6.53. The average Bonchev–Trinajstić information content (AvgIpc) is 2.56. The Labute approximate surface area is 106 Å². The van der Waals surface area contributed by atoms with E-state index >= 15 is 0 Å². The minimum atomic E-state index is 0.147. The Kier molecular flexibility index (Phi) is 4.36. The molecule has 0 saturated heterocycles. The molecule has 1 heterocycles. The molecular formula is C14H27N3. The van der Waals surface area contributed by atoms with Crippen molar-refractivity contribution in [3.8, 4) is 0 Å². The molecule has 0 fully saturated rings. The highest BCUT2D eigenvalue weighted by atomic mass is 15.3. The Hall–Kier alpha value is -0.830. The van der Waals surface area contributed by atoms with E-state index in [-0.39, 0.29) is 5.54 Å². The molecule has 0 atom stereocenters. The van der Waals surface area contributed by atoms with Crippen LogP contribution in [0.5, 0.6) is 0 Å². The monoisotopic (exact) mass is 237 g/mol. The number of nitrogens with zero attached hydrogens (tertiary/aromatic N) is 2. The highest BCUT2D eigenvalue weighted by Crippen LogP contribution is 2.22. The summed E-state index contributed by atoms with van der Waals surface area (Å²) in [5, 5.41) is 8.05. The van der Waals surface area contributed by atoms with E-state index in [0.29, 0.717) is 12.0 Å². The van der Waals surface area contributed by atoms with Crippen LogP contribution in [0.4, 0.5) is 0 Å². The summed E-state index contributed by atoms with van der Waals surface area (Å²) in [5.41, 5.74) is 2.83. The Morgan fingerprint density at radius 2 is 1.82 bits per heavy atom. The van der Waals surface area contributed by atoms with Gasteiger partial charge in [0.1, 0.15) is 0 Å². The summed E-state index contributed by atoms with van der Waals surface area (Å²) in [6, 6.07) is 0.427. The van der Waals surface area contributed by atoms with E-state index < -0.39 is 0 Å². The second-order valence-electron chi connectivity index (χ2n) is 6.35. The molecule has 0 aliphatic carbocycles. The molecule has 0 aliphatic rings. The Balaban J connectivity index is 2.93. The fourth-order valence-corrected chi connectivity index (χ4v) is 1.95. The van der Waals surface area contributed by atoms with Gasteiger partial charge in [-0.05, 0) is 40.5 Å². The lowest BCUT2D eigenvalue weighted by Gasteiger charge is -2.21. The number of hydrogen-bond donors (Lipinski definition) is 1. The van der Waals surface area contributed by atoms with E-state index in [4.69, 9.17) is 0 Å². The van der Waals surface area contributed by atoms with Gasteiger partial charge >= 0.3 is 0 Å². The Morgan fingerprint density at radius 1 is 1.24 bits per heavy atom. The zero-order valence-electron chi connectivity index (χ0n) is 12.3. The molecule has 0 amide bonds. The minimum absolute atomic E-state index is 0.147. The third-order valence-corrected chi connectivity index (χ3v) is 2.76. The molecule has 0 spiro atoms. The highest BCUT2D eigenvalue weighted by Gasteiger charge is 2.17. The van der Waals surface area contributed by atoms with Crippen molar-refractivity contribution in [3.63, 3.8) is 0 Å². The number of hydrogen-bond acceptors (Lipinski definition) is 2. The van der Waals surface area contributed by atoms with Crippen molar-refractivity contribution in [1.82, 2.24) is 15.1 Å². The van der Waals surface area contributed by atoms with Gasteiger partial charge in [-0.2, -0.15) is 5.10 Å². The fourth-order valence-electron chi connectivity index (χ4n) is 1.95. The Bertz CT molecular complexity index is 356. The number of aromatic nitrogens is 2. The standard InChI is InChI=1S/C14H27N3/c1-10(2)13-12(8-15-14(5,6)7)9-16-17(13)11(3)4/h9-11,15H,8H2,1-7H3. The third-order valence-electron chi connectivity index (χ3n) is 2.76. The fraction of sp³-hybridized carbons (Fsp3) is 0.786. The summed E-state index contributed by atoms with van der Waals surface area (Å²) in [5.74, 6) is 0.511. The summed E-state index contributed by atoms with van der Waals surface area (Å²) in [6.07, 6.45) is 2.01. The molecular weight excluding hydrogens is 210 g/mol. The molecule has 17 heavy (non-hydrogen) atoms. The average molecular weight is 237 g/mol. The van der Waals surface area contributed by atoms with E-state index in [1.165, 1.54) is 11.3 Å². The second kappa shape index (κ2) is 5.21. The summed E-state index contributed by atoms with van der Waals surface area (Å²) in [6.45, 7) is 16.3. The van der Waals surface area contributed by atoms with Gasteiger partial charge in [-0.3, -0.25) is 4.68 Å². The quantitative estimate of drug-likeness (QED) is 0.869. The zero-order valence-corrected chi connectivity index (χ0v) is 12.3. The van der Waals surface area contributed by atoms with E-state index in [1.807, 2.05) is 6.20 Å². The van der Waals surface area contributed by atoms with Crippen molar-refractivity contribution in [2.45, 2.75) is 72.5 Å². The maximum atomic E-state index is 4.51. The molecule has 0 saturated carbocycles. The Morgan fingerprint density at radius 3 is 2.24 bits per heavy atom. The van der Waals surface area contributed by atoms with Gasteiger partial charge in [-0.1, -0.05) is 13.8 Å². The zero-order chi connectivity index (χ0) is 13.2. The molecule has 1 rings (SSSR count). The van der Waals surface area contributed by atoms with Crippen LogP contribution in [0.25, 0.3) is 0 Å². The van der Waals surface area contributed by atoms with Crippen LogP contribution in [0.15, 0.2) is 6.20 Å². The highest BCUT2D eigenvalue weighted by molar-refractivity contribution is 5.21. The van der Waals surface area contributed by atoms with Gasteiger partial charge in [0.05, 0.1) is 6.20 Å². The number of rotatable bonds is 4. The lowest BCUT2D eigenvalue weighted by atomic mass is 10.0. The molecule has 3 nitrogen and oxygen atoms in total. The predicted molar refractivity (Wildman–Crippen MR) is 73.3 cm³/mol. The molecule has 0 aliphatic heterocycles. The second-order valence-corrected chi connectivity index (χ2v) is 6.35. The first kappa shape index (κ1) is 14.2. The lowest BCUT2D eigenvalue weighted by molar-refractivity contribution is 0.421. The van der Waals surface area contributed by atoms with Crippen LogP contribution in [-0.2, 0) is 6.54 Å². The molecule has 1 N–H and O–H groups in total. The predicted octanol–water partition coefficient (Wildman–Crippen LogP) is 3.48. The van der Waals surface area contributed by atoms with Crippen molar-refractivity contribution >= 4 is 0 Å². The van der Waals surface area contributed by atoms with Gasteiger partial charge < -0.3 is 5.32 Å². The molecule has 0 radical (unpaired) electrons. The first-order chi connectivity index (χ1) is 7.72. The third kappa shape index (κ3) is 3.84. The smallest absolute Gasteiger partial charge is 0.0537 e. The van der Waals surface area contributed by atoms with Crippen molar-refractivity contribution in [3.05, 3.63) is 17.5 Å². The van der Waals surface area contributed by atoms with Crippen LogP contribution >= 0.6 is 0 Å². The van der Waals surface area contributed by atoms with Crippen molar-refractivity contribution in [1.29, 1.82) is 0 Å². The minimum Gasteiger partial charge on any atom is -0.308 e. The molecule has 98 valence electrons. The van der Waals surface area contributed by atoms with Gasteiger partial charge in [-0.15, -0.1) is 0 Å². The SMILES string of the molecule is CC(C)c1c(CNC(C)(C)C)cnn1C(C)C. The van der Waals surface area contributed by atoms with Crippen molar-refractivity contribution in [2.24, 2.45) is 0 Å². The van der Waals surface area contributed by atoms with Gasteiger partial charge in [0, 0.05) is 29.4 Å². The molecule has 1 aromatic rings. The lowest BCUT2D eigenvalue weighted by Crippen LogP contribution is -2.35. The molecule has 0 aromatic carbocycles. The summed E-state index contributed by atoms with van der Waals surface area (Å²) < 4.78 is 2.14.